The predicted octanol–water partition coefficient (Wildman–Crippen LogP) is 3.33. The second-order valence-electron chi connectivity index (χ2n) is 4.03. The standard InChI is InChI=1S/C14H15NO3S2/c1-4-18-9(2)12-13(16)15(14(19)20-12)10-6-5-7-11(8-10)17-3/h5-8H,4H2,1-3H3/b12-9-. The van der Waals surface area contributed by atoms with Crippen molar-refractivity contribution in [3.05, 3.63) is 34.9 Å². The first-order chi connectivity index (χ1) is 9.58. The third kappa shape index (κ3) is 2.81. The summed E-state index contributed by atoms with van der Waals surface area (Å²) in [5.74, 6) is 1.14. The molecule has 20 heavy (non-hydrogen) atoms. The van der Waals surface area contributed by atoms with Crippen LogP contribution in [0.15, 0.2) is 34.9 Å². The topological polar surface area (TPSA) is 38.8 Å². The highest BCUT2D eigenvalue weighted by Gasteiger charge is 2.35. The smallest absolute Gasteiger partial charge is 0.274 e. The lowest BCUT2D eigenvalue weighted by Gasteiger charge is -2.15. The number of carbonyl (C=O) groups is 1. The maximum atomic E-state index is 12.5. The minimum atomic E-state index is -0.154. The molecule has 106 valence electrons. The van der Waals surface area contributed by atoms with E-state index in [0.29, 0.717) is 33.0 Å². The summed E-state index contributed by atoms with van der Waals surface area (Å²) in [5.41, 5.74) is 0.700. The lowest BCUT2D eigenvalue weighted by Crippen LogP contribution is -2.27. The van der Waals surface area contributed by atoms with Crippen LogP contribution >= 0.6 is 24.0 Å². The highest BCUT2D eigenvalue weighted by atomic mass is 32.2. The Morgan fingerprint density at radius 2 is 2.20 bits per heavy atom. The molecule has 1 amide bonds. The second-order valence-corrected chi connectivity index (χ2v) is 5.67. The van der Waals surface area contributed by atoms with Gasteiger partial charge in [-0.1, -0.05) is 30.0 Å². The largest absolute Gasteiger partial charge is 0.497 e. The maximum absolute atomic E-state index is 12.5. The lowest BCUT2D eigenvalue weighted by atomic mass is 10.2. The molecule has 1 aromatic carbocycles. The Kier molecular flexibility index (Phi) is 4.67. The molecule has 1 aromatic rings. The molecule has 2 rings (SSSR count). The number of methoxy groups -OCH3 is 1. The molecule has 1 heterocycles. The molecule has 0 unspecified atom stereocenters. The third-order valence-electron chi connectivity index (χ3n) is 2.76. The average molecular weight is 309 g/mol. The van der Waals surface area contributed by atoms with E-state index in [1.807, 2.05) is 25.1 Å². The molecule has 1 aliphatic rings. The van der Waals surface area contributed by atoms with Crippen LogP contribution in [-0.2, 0) is 9.53 Å². The monoisotopic (exact) mass is 309 g/mol. The average Bonchev–Trinajstić information content (AvgIpc) is 2.74. The molecule has 0 spiro atoms. The number of benzene rings is 1. The van der Waals surface area contributed by atoms with Gasteiger partial charge in [0.25, 0.3) is 5.91 Å². The molecule has 0 N–H and O–H groups in total. The highest BCUT2D eigenvalue weighted by molar-refractivity contribution is 8.27. The molecule has 0 saturated carbocycles. The van der Waals surface area contributed by atoms with Gasteiger partial charge in [-0.3, -0.25) is 9.69 Å². The van der Waals surface area contributed by atoms with Gasteiger partial charge in [-0.15, -0.1) is 0 Å². The number of rotatable bonds is 4. The number of thiocarbonyl (C=S) groups is 1. The number of anilines is 1. The van der Waals surface area contributed by atoms with Crippen LogP contribution in [0.1, 0.15) is 13.8 Å². The van der Waals surface area contributed by atoms with Crippen LogP contribution in [-0.4, -0.2) is 23.9 Å². The molecule has 0 aliphatic carbocycles. The quantitative estimate of drug-likeness (QED) is 0.484. The van der Waals surface area contributed by atoms with E-state index in [1.54, 1.807) is 20.1 Å². The van der Waals surface area contributed by atoms with Gasteiger partial charge >= 0.3 is 0 Å². The summed E-state index contributed by atoms with van der Waals surface area (Å²) in [4.78, 5) is 14.5. The van der Waals surface area contributed by atoms with Crippen molar-refractivity contribution in [1.29, 1.82) is 0 Å². The molecular formula is C14H15NO3S2. The van der Waals surface area contributed by atoms with Gasteiger partial charge in [-0.05, 0) is 26.0 Å². The van der Waals surface area contributed by atoms with Gasteiger partial charge in [-0.2, -0.15) is 0 Å². The fraction of sp³-hybridized carbons (Fsp3) is 0.286. The van der Waals surface area contributed by atoms with Crippen molar-refractivity contribution in [2.75, 3.05) is 18.6 Å². The zero-order chi connectivity index (χ0) is 14.7. The molecule has 4 nitrogen and oxygen atoms in total. The van der Waals surface area contributed by atoms with Gasteiger partial charge in [0.2, 0.25) is 0 Å². The van der Waals surface area contributed by atoms with Crippen LogP contribution in [0.4, 0.5) is 5.69 Å². The molecule has 1 aliphatic heterocycles. The highest BCUT2D eigenvalue weighted by Crippen LogP contribution is 2.37. The molecule has 0 atom stereocenters. The fourth-order valence-electron chi connectivity index (χ4n) is 1.84. The first-order valence-electron chi connectivity index (χ1n) is 6.12. The van der Waals surface area contributed by atoms with Gasteiger partial charge in [0.15, 0.2) is 4.32 Å². The number of amides is 1. The van der Waals surface area contributed by atoms with Crippen molar-refractivity contribution in [2.45, 2.75) is 13.8 Å². The summed E-state index contributed by atoms with van der Waals surface area (Å²) >= 11 is 6.56. The number of ether oxygens (including phenoxy) is 2. The van der Waals surface area contributed by atoms with Crippen LogP contribution in [0.25, 0.3) is 0 Å². The van der Waals surface area contributed by atoms with Crippen molar-refractivity contribution in [2.24, 2.45) is 0 Å². The number of allylic oxidation sites excluding steroid dienone is 1. The van der Waals surface area contributed by atoms with E-state index in [0.717, 1.165) is 0 Å². The molecule has 0 aromatic heterocycles. The van der Waals surface area contributed by atoms with Gasteiger partial charge < -0.3 is 9.47 Å². The van der Waals surface area contributed by atoms with Crippen molar-refractivity contribution in [3.8, 4) is 5.75 Å². The Morgan fingerprint density at radius 3 is 2.85 bits per heavy atom. The Labute approximate surface area is 127 Å². The van der Waals surface area contributed by atoms with E-state index in [-0.39, 0.29) is 5.91 Å². The molecule has 0 bridgehead atoms. The summed E-state index contributed by atoms with van der Waals surface area (Å²) in [6.07, 6.45) is 0. The summed E-state index contributed by atoms with van der Waals surface area (Å²) < 4.78 is 11.1. The summed E-state index contributed by atoms with van der Waals surface area (Å²) in [6, 6.07) is 7.25. The molecule has 0 radical (unpaired) electrons. The lowest BCUT2D eigenvalue weighted by molar-refractivity contribution is -0.113. The summed E-state index contributed by atoms with van der Waals surface area (Å²) in [5, 5.41) is 0. The number of thioether (sulfide) groups is 1. The van der Waals surface area contributed by atoms with Crippen LogP contribution in [0.5, 0.6) is 5.75 Å². The van der Waals surface area contributed by atoms with Crippen LogP contribution in [0, 0.1) is 0 Å². The van der Waals surface area contributed by atoms with Crippen LogP contribution < -0.4 is 9.64 Å². The van der Waals surface area contributed by atoms with Gasteiger partial charge in [0.05, 0.1) is 19.4 Å². The van der Waals surface area contributed by atoms with E-state index >= 15 is 0 Å². The van der Waals surface area contributed by atoms with E-state index in [9.17, 15) is 4.79 Å². The normalized spacial score (nSPS) is 17.4. The summed E-state index contributed by atoms with van der Waals surface area (Å²) in [7, 11) is 1.59. The third-order valence-corrected chi connectivity index (χ3v) is 4.22. The minimum absolute atomic E-state index is 0.154. The first kappa shape index (κ1) is 14.9. The van der Waals surface area contributed by atoms with Crippen LogP contribution in [0.3, 0.4) is 0 Å². The Hall–Kier alpha value is -1.53. The summed E-state index contributed by atoms with van der Waals surface area (Å²) in [6.45, 7) is 4.18. The Balaban J connectivity index is 2.36. The number of hydrogen-bond donors (Lipinski definition) is 0. The van der Waals surface area contributed by atoms with Crippen molar-refractivity contribution < 1.29 is 14.3 Å². The van der Waals surface area contributed by atoms with Crippen molar-refractivity contribution >= 4 is 39.9 Å². The fourth-order valence-corrected chi connectivity index (χ4v) is 3.11. The maximum Gasteiger partial charge on any atom is 0.274 e. The van der Waals surface area contributed by atoms with Gasteiger partial charge in [0.1, 0.15) is 16.4 Å². The zero-order valence-corrected chi connectivity index (χ0v) is 13.1. The van der Waals surface area contributed by atoms with E-state index < -0.39 is 0 Å². The van der Waals surface area contributed by atoms with Gasteiger partial charge in [-0.25, -0.2) is 0 Å². The van der Waals surface area contributed by atoms with Crippen molar-refractivity contribution in [3.63, 3.8) is 0 Å². The van der Waals surface area contributed by atoms with E-state index in [1.165, 1.54) is 16.7 Å². The molecular weight excluding hydrogens is 294 g/mol. The molecule has 6 heteroatoms. The second kappa shape index (κ2) is 6.28. The molecule has 1 fully saturated rings. The van der Waals surface area contributed by atoms with Crippen molar-refractivity contribution in [1.82, 2.24) is 0 Å². The SMILES string of the molecule is CCO/C(C)=C1\SC(=S)N(c2cccc(OC)c2)C1=O. The number of hydrogen-bond acceptors (Lipinski definition) is 5. The first-order valence-corrected chi connectivity index (χ1v) is 7.35. The minimum Gasteiger partial charge on any atom is -0.497 e. The predicted molar refractivity (Wildman–Crippen MR) is 85.0 cm³/mol. The number of nitrogens with zero attached hydrogens (tertiary/aromatic N) is 1. The molecule has 1 saturated heterocycles. The van der Waals surface area contributed by atoms with E-state index in [4.69, 9.17) is 21.7 Å². The number of carbonyl (C=O) groups excluding carboxylic acids is 1. The van der Waals surface area contributed by atoms with Crippen LogP contribution in [0.2, 0.25) is 0 Å². The van der Waals surface area contributed by atoms with E-state index in [2.05, 4.69) is 0 Å². The Bertz CT molecular complexity index is 584. The van der Waals surface area contributed by atoms with Gasteiger partial charge in [0, 0.05) is 6.07 Å². The zero-order valence-electron chi connectivity index (χ0n) is 11.5. The Morgan fingerprint density at radius 1 is 1.45 bits per heavy atom.